The second kappa shape index (κ2) is 17.0. The van der Waals surface area contributed by atoms with Gasteiger partial charge in [-0.05, 0) is 23.3 Å². The van der Waals surface area contributed by atoms with Gasteiger partial charge in [0.1, 0.15) is 0 Å². The minimum Gasteiger partial charge on any atom is 0 e. The first-order valence-corrected chi connectivity index (χ1v) is 25.4. The fourth-order valence-corrected chi connectivity index (χ4v) is 12.4. The van der Waals surface area contributed by atoms with Gasteiger partial charge >= 0.3 is 224 Å². The van der Waals surface area contributed by atoms with Crippen molar-refractivity contribution >= 4 is 65.5 Å². The minimum absolute atomic E-state index is 0. The van der Waals surface area contributed by atoms with Gasteiger partial charge in [0.05, 0.1) is 0 Å². The molecule has 0 unspecified atom stereocenters. The molecule has 0 bridgehead atoms. The van der Waals surface area contributed by atoms with E-state index < -0.39 is 0 Å². The largest absolute Gasteiger partial charge is 0 e. The maximum absolute atomic E-state index is 6.76. The summed E-state index contributed by atoms with van der Waals surface area (Å²) < 4.78 is 11.4. The van der Waals surface area contributed by atoms with Crippen molar-refractivity contribution in [1.82, 2.24) is 9.55 Å². The van der Waals surface area contributed by atoms with Gasteiger partial charge in [-0.2, -0.15) is 0 Å². The normalized spacial score (nSPS) is 13.6. The Hall–Kier alpha value is -5.63. The summed E-state index contributed by atoms with van der Waals surface area (Å²) in [5.41, 5.74) is 16.3. The Bertz CT molecular complexity index is 3180. The molecule has 0 radical (unpaired) electrons. The van der Waals surface area contributed by atoms with Crippen LogP contribution in [0.1, 0.15) is 63.9 Å². The van der Waals surface area contributed by atoms with Crippen LogP contribution >= 0.6 is 0 Å². The molecule has 0 N–H and O–H groups in total. The number of ether oxygens (including phenoxy) is 1. The molecule has 0 amide bonds. The third kappa shape index (κ3) is 7.88. The zero-order chi connectivity index (χ0) is 43.7. The second-order valence-corrected chi connectivity index (χ2v) is 21.7. The van der Waals surface area contributed by atoms with Crippen LogP contribution in [0.15, 0.2) is 158 Å². The molecule has 0 saturated heterocycles. The van der Waals surface area contributed by atoms with Crippen LogP contribution in [0.5, 0.6) is 11.5 Å². The van der Waals surface area contributed by atoms with E-state index in [1.807, 2.05) is 18.2 Å². The van der Waals surface area contributed by atoms with E-state index in [0.29, 0.717) is 11.5 Å². The molecule has 2 aliphatic heterocycles. The van der Waals surface area contributed by atoms with E-state index in [2.05, 4.69) is 214 Å². The number of anilines is 4. The molecule has 0 fully saturated rings. The van der Waals surface area contributed by atoms with Crippen LogP contribution in [0, 0.1) is 18.8 Å². The van der Waals surface area contributed by atoms with E-state index in [9.17, 15) is 0 Å². The molecule has 2 aromatic heterocycles. The third-order valence-electron chi connectivity index (χ3n) is 12.5. The number of para-hydroxylation sites is 3. The van der Waals surface area contributed by atoms with Gasteiger partial charge in [0, 0.05) is 49.3 Å². The van der Waals surface area contributed by atoms with E-state index in [-0.39, 0.29) is 52.8 Å². The zero-order valence-corrected chi connectivity index (χ0v) is 42.0. The number of pyridine rings is 1. The monoisotopic (exact) mass is 1140 g/mol. The number of benzene rings is 7. The standard InChI is InChI=1S/C58H49N4OTe.Pt/c1-57(2,3)40-27-30-51-47(31-40)46-29-28-43(33-54(46)62(51)55-34-49(58(4,5)6)48-35-64-36-50(48)59-55)63-42-22-15-21-41(32-42)60-37-61(53-26-14-13-25-52(53)60)56-44(38-17-9-7-10-18-38)23-16-24-45(56)39-19-11-8-12-20-39;/h7-31,34,37H,35-36H2,1-6H3;/q-3;. The van der Waals surface area contributed by atoms with Crippen molar-refractivity contribution in [2.75, 3.05) is 9.80 Å². The fraction of sp³-hybridized carbons (Fsp3) is 0.172. The van der Waals surface area contributed by atoms with Crippen LogP contribution < -0.4 is 14.5 Å². The average molecular weight is 1140 g/mol. The number of hydrogen-bond acceptors (Lipinski definition) is 4. The van der Waals surface area contributed by atoms with Crippen molar-refractivity contribution in [1.29, 1.82) is 0 Å². The van der Waals surface area contributed by atoms with Crippen molar-refractivity contribution in [3.8, 4) is 39.6 Å². The molecule has 65 heavy (non-hydrogen) atoms. The van der Waals surface area contributed by atoms with Gasteiger partial charge < -0.3 is 9.80 Å². The number of hydrogen-bond donors (Lipinski definition) is 0. The number of rotatable bonds is 7. The molecule has 5 nitrogen and oxygen atoms in total. The van der Waals surface area contributed by atoms with Gasteiger partial charge in [-0.1, -0.05) is 91.0 Å². The smallest absolute Gasteiger partial charge is 0 e. The zero-order valence-electron chi connectivity index (χ0n) is 37.4. The molecule has 11 rings (SSSR count). The summed E-state index contributed by atoms with van der Waals surface area (Å²) in [7, 11) is 0. The third-order valence-corrected chi connectivity index (χ3v) is 15.3. The van der Waals surface area contributed by atoms with Crippen LogP contribution in [0.25, 0.3) is 49.9 Å². The minimum atomic E-state index is -0.110. The number of aromatic nitrogens is 2. The van der Waals surface area contributed by atoms with Gasteiger partial charge in [-0.25, -0.2) is 0 Å². The van der Waals surface area contributed by atoms with Crippen LogP contribution in [0.4, 0.5) is 22.7 Å². The second-order valence-electron chi connectivity index (χ2n) is 18.9. The maximum Gasteiger partial charge on any atom is 0 e. The Morgan fingerprint density at radius 1 is 0.600 bits per heavy atom. The average Bonchev–Trinajstić information content (AvgIpc) is 4.02. The predicted molar refractivity (Wildman–Crippen MR) is 266 cm³/mol. The summed E-state index contributed by atoms with van der Waals surface area (Å²) in [5, 5.41) is 2.33. The predicted octanol–water partition coefficient (Wildman–Crippen LogP) is 14.6. The number of nitrogens with zero attached hydrogens (tertiary/aromatic N) is 4. The first-order valence-electron chi connectivity index (χ1n) is 22.1. The van der Waals surface area contributed by atoms with Crippen molar-refractivity contribution in [3.63, 3.8) is 0 Å². The Morgan fingerprint density at radius 3 is 1.92 bits per heavy atom. The number of fused-ring (bicyclic) bond motifs is 5. The van der Waals surface area contributed by atoms with E-state index in [1.165, 1.54) is 32.2 Å². The van der Waals surface area contributed by atoms with Gasteiger partial charge in [0.15, 0.2) is 0 Å². The Kier molecular flexibility index (Phi) is 11.3. The summed E-state index contributed by atoms with van der Waals surface area (Å²) in [6.07, 6.45) is 0. The van der Waals surface area contributed by atoms with Crippen LogP contribution in [-0.4, -0.2) is 30.5 Å². The van der Waals surface area contributed by atoms with Gasteiger partial charge in [-0.3, -0.25) is 0 Å². The summed E-state index contributed by atoms with van der Waals surface area (Å²) in [6, 6.07) is 63.5. The van der Waals surface area contributed by atoms with Crippen molar-refractivity contribution in [2.24, 2.45) is 0 Å². The molecule has 326 valence electrons. The van der Waals surface area contributed by atoms with Gasteiger partial charge in [0.25, 0.3) is 0 Å². The van der Waals surface area contributed by atoms with E-state index in [4.69, 9.17) is 9.72 Å². The Morgan fingerprint density at radius 2 is 1.25 bits per heavy atom. The molecule has 7 aromatic carbocycles. The maximum atomic E-state index is 6.76. The first-order chi connectivity index (χ1) is 31.0. The molecular formula is C58H49N4OPtTe-3. The molecule has 2 aliphatic rings. The van der Waals surface area contributed by atoms with Crippen LogP contribution in [0.2, 0.25) is 0 Å². The summed E-state index contributed by atoms with van der Waals surface area (Å²) in [6.45, 7) is 16.0. The topological polar surface area (TPSA) is 33.5 Å². The van der Waals surface area contributed by atoms with E-state index in [0.717, 1.165) is 71.7 Å². The first kappa shape index (κ1) is 43.3. The van der Waals surface area contributed by atoms with Crippen molar-refractivity contribution in [2.45, 2.75) is 61.3 Å². The molecule has 0 spiro atoms. The molecule has 9 aromatic rings. The Balaban J connectivity index is 0.00000498. The van der Waals surface area contributed by atoms with Crippen LogP contribution in [0.3, 0.4) is 0 Å². The molecular weight excluding hydrogens is 1090 g/mol. The molecule has 0 saturated carbocycles. The molecule has 7 heteroatoms. The molecule has 0 aliphatic carbocycles. The molecule has 4 heterocycles. The van der Waals surface area contributed by atoms with Crippen molar-refractivity contribution < 1.29 is 25.8 Å². The van der Waals surface area contributed by atoms with Crippen molar-refractivity contribution in [3.05, 3.63) is 199 Å². The van der Waals surface area contributed by atoms with E-state index >= 15 is 0 Å². The van der Waals surface area contributed by atoms with E-state index in [1.54, 1.807) is 0 Å². The summed E-state index contributed by atoms with van der Waals surface area (Å²) >= 11 is -0.110. The van der Waals surface area contributed by atoms with Crippen LogP contribution in [-0.2, 0) is 40.8 Å². The summed E-state index contributed by atoms with van der Waals surface area (Å²) in [4.78, 5) is 9.96. The SMILES string of the molecule is CC(C)(C)c1ccc2c(c1)c1ccc(Oc3[c-]c(N4[CH-]N(c5c(-c6ccccc6)cccc5-c5ccccc5)c5ccccc54)ccc3)[c-]c1n2-c1cc(C(C)(C)C)c2c(n1)C[Te]C2.[Pt]. The Labute approximate surface area is 407 Å². The quantitative estimate of drug-likeness (QED) is 0.118. The van der Waals surface area contributed by atoms with Gasteiger partial charge in [0.2, 0.25) is 0 Å². The molecule has 0 atom stereocenters. The fourth-order valence-electron chi connectivity index (χ4n) is 9.35. The van der Waals surface area contributed by atoms with Gasteiger partial charge in [-0.15, -0.1) is 12.7 Å². The summed E-state index contributed by atoms with van der Waals surface area (Å²) in [5.74, 6) is 2.20.